The maximum absolute atomic E-state index is 12.0. The first-order valence-corrected chi connectivity index (χ1v) is 19.2. The lowest BCUT2D eigenvalue weighted by Crippen LogP contribution is -2.69. The van der Waals surface area contributed by atoms with Crippen molar-refractivity contribution in [2.75, 3.05) is 13.2 Å². The number of amides is 2. The quantitative estimate of drug-likeness (QED) is 0.0866. The van der Waals surface area contributed by atoms with E-state index < -0.39 is 178 Å². The number of hydrogen-bond donors (Lipinski definition) is 14. The molecule has 0 unspecified atom stereocenters. The van der Waals surface area contributed by atoms with Crippen LogP contribution in [0.2, 0.25) is 0 Å². The zero-order valence-electron chi connectivity index (χ0n) is 32.7. The average molecular weight is 863 g/mol. The molecule has 25 nitrogen and oxygen atoms in total. The number of aliphatic hydroxyl groups is 12. The lowest BCUT2D eigenvalue weighted by Gasteiger charge is -2.50. The molecule has 5 heterocycles. The fourth-order valence-electron chi connectivity index (χ4n) is 7.62. The van der Waals surface area contributed by atoms with E-state index in [0.717, 1.165) is 13.8 Å². The Morgan fingerprint density at radius 1 is 0.441 bits per heavy atom. The molecule has 0 radical (unpaired) electrons. The van der Waals surface area contributed by atoms with Gasteiger partial charge in [0.15, 0.2) is 31.5 Å². The van der Waals surface area contributed by atoms with Gasteiger partial charge < -0.3 is 115 Å². The smallest absolute Gasteiger partial charge is 0.217 e. The summed E-state index contributed by atoms with van der Waals surface area (Å²) in [5.41, 5.74) is 0. The molecule has 0 aromatic rings. The molecule has 5 fully saturated rings. The molecule has 0 bridgehead atoms. The van der Waals surface area contributed by atoms with Crippen LogP contribution in [0, 0.1) is 0 Å². The molecule has 5 rings (SSSR count). The number of aliphatic hydroxyl groups excluding tert-OH is 12. The average Bonchev–Trinajstić information content (AvgIpc) is 3.18. The van der Waals surface area contributed by atoms with Gasteiger partial charge in [0.1, 0.15) is 104 Å². The minimum absolute atomic E-state index is 0.665. The fraction of sp³-hybridized carbons (Fsp3) is 0.941. The van der Waals surface area contributed by atoms with E-state index in [4.69, 9.17) is 42.6 Å². The van der Waals surface area contributed by atoms with Gasteiger partial charge in [0.2, 0.25) is 11.8 Å². The van der Waals surface area contributed by atoms with Gasteiger partial charge in [-0.3, -0.25) is 9.59 Å². The van der Waals surface area contributed by atoms with Gasteiger partial charge >= 0.3 is 0 Å². The summed E-state index contributed by atoms with van der Waals surface area (Å²) in [6, 6.07) is -2.96. The molecule has 342 valence electrons. The fourth-order valence-corrected chi connectivity index (χ4v) is 7.62. The van der Waals surface area contributed by atoms with Crippen LogP contribution in [0.15, 0.2) is 0 Å². The number of carbonyl (C=O) groups is 2. The second kappa shape index (κ2) is 20.1. The van der Waals surface area contributed by atoms with Crippen molar-refractivity contribution in [3.63, 3.8) is 0 Å². The van der Waals surface area contributed by atoms with Crippen LogP contribution in [-0.2, 0) is 52.2 Å². The van der Waals surface area contributed by atoms with E-state index in [-0.39, 0.29) is 0 Å². The van der Waals surface area contributed by atoms with Crippen molar-refractivity contribution < 1.29 is 113 Å². The largest absolute Gasteiger partial charge is 0.394 e. The van der Waals surface area contributed by atoms with Crippen molar-refractivity contribution in [1.29, 1.82) is 0 Å². The zero-order valence-corrected chi connectivity index (χ0v) is 32.7. The molecule has 14 N–H and O–H groups in total. The van der Waals surface area contributed by atoms with Crippen LogP contribution in [0.25, 0.3) is 0 Å². The van der Waals surface area contributed by atoms with E-state index in [1.165, 1.54) is 20.8 Å². The summed E-state index contributed by atoms with van der Waals surface area (Å²) in [6.07, 6.45) is -38.3. The number of rotatable bonds is 12. The first-order chi connectivity index (χ1) is 27.7. The Hall–Kier alpha value is -1.90. The lowest BCUT2D eigenvalue weighted by molar-refractivity contribution is -0.398. The van der Waals surface area contributed by atoms with Gasteiger partial charge in [0, 0.05) is 13.8 Å². The van der Waals surface area contributed by atoms with Gasteiger partial charge in [-0.1, -0.05) is 0 Å². The monoisotopic (exact) mass is 862 g/mol. The third-order valence-electron chi connectivity index (χ3n) is 11.0. The summed E-state index contributed by atoms with van der Waals surface area (Å²) in [6.45, 7) is 4.67. The van der Waals surface area contributed by atoms with Gasteiger partial charge in [-0.2, -0.15) is 0 Å². The number of hydrogen-bond acceptors (Lipinski definition) is 23. The summed E-state index contributed by atoms with van der Waals surface area (Å²) in [7, 11) is 0. The number of carbonyl (C=O) groups excluding carboxylic acids is 2. The van der Waals surface area contributed by atoms with Crippen molar-refractivity contribution in [3.8, 4) is 0 Å². The standard InChI is InChI=1S/C34H58N2O23/c1-8-18(42)24(48)29(59-34-28(23(47)17(41)9(2)53-34)58-31-15(35-11(4)39)22(46)20(44)13(6-37)55-31)33(52-8)57-27-19(43)10(3)51-32(25(27)49)56-26-16(36-12(5)40)30(50)54-14(7-38)21(26)45/h8-10,13-34,37-38,41-50H,6-7H2,1-5H3,(H,35,39)(H,36,40)/t8-,9-,10-,13+,14+,15+,16+,17-,18-,19-,20+,21+,22+,23+,24+,25+,26+,27+,28+,29+,30+,31-,32-,33-,34-/m0/s1. The van der Waals surface area contributed by atoms with Crippen LogP contribution >= 0.6 is 0 Å². The topological polar surface area (TPSA) is 384 Å². The van der Waals surface area contributed by atoms with E-state index in [9.17, 15) is 70.9 Å². The lowest BCUT2D eigenvalue weighted by atomic mass is 9.95. The second-order valence-electron chi connectivity index (χ2n) is 15.4. The molecule has 0 saturated carbocycles. The summed E-state index contributed by atoms with van der Waals surface area (Å²) >= 11 is 0. The van der Waals surface area contributed by atoms with Gasteiger partial charge in [0.05, 0.1) is 31.5 Å². The van der Waals surface area contributed by atoms with Crippen molar-refractivity contribution in [1.82, 2.24) is 10.6 Å². The van der Waals surface area contributed by atoms with Gasteiger partial charge in [-0.15, -0.1) is 0 Å². The molecular weight excluding hydrogens is 804 g/mol. The Kier molecular flexibility index (Phi) is 16.4. The summed E-state index contributed by atoms with van der Waals surface area (Å²) in [4.78, 5) is 24.0. The Morgan fingerprint density at radius 3 is 1.37 bits per heavy atom. The first-order valence-electron chi connectivity index (χ1n) is 19.2. The predicted molar refractivity (Wildman–Crippen MR) is 185 cm³/mol. The van der Waals surface area contributed by atoms with Crippen molar-refractivity contribution in [2.45, 2.75) is 188 Å². The molecular formula is C34H58N2O23. The van der Waals surface area contributed by atoms with Crippen LogP contribution in [0.4, 0.5) is 0 Å². The highest BCUT2D eigenvalue weighted by Crippen LogP contribution is 2.36. The Balaban J connectivity index is 1.41. The van der Waals surface area contributed by atoms with Crippen molar-refractivity contribution in [3.05, 3.63) is 0 Å². The molecule has 0 aromatic heterocycles. The van der Waals surface area contributed by atoms with Crippen LogP contribution in [0.3, 0.4) is 0 Å². The van der Waals surface area contributed by atoms with Crippen LogP contribution in [-0.4, -0.2) is 240 Å². The highest BCUT2D eigenvalue weighted by Gasteiger charge is 2.56. The molecule has 5 aliphatic heterocycles. The van der Waals surface area contributed by atoms with Crippen LogP contribution in [0.1, 0.15) is 34.6 Å². The summed E-state index contributed by atoms with van der Waals surface area (Å²) in [5.74, 6) is -1.36. The van der Waals surface area contributed by atoms with E-state index in [0.29, 0.717) is 0 Å². The Morgan fingerprint density at radius 2 is 0.864 bits per heavy atom. The van der Waals surface area contributed by atoms with E-state index in [1.807, 2.05) is 0 Å². The highest BCUT2D eigenvalue weighted by atomic mass is 16.8. The SMILES string of the molecule is CC(=O)N[C@@H]1[C@@H](O[C@@H]2O[C@@H](C)[C@H](O)[C@@H](O[C@@H]3O[C@@H](C)[C@H](O)[C@@H](O)[C@H]3O[C@@H]3O[C@@H](C)[C@H](O)[C@@H](O)[C@H]3O[C@@H]3O[C@H](CO)[C@@H](O)[C@H](O)[C@H]3NC(C)=O)[C@H]2O)[C@H](O)[C@@H](CO)O[C@H]1O. The van der Waals surface area contributed by atoms with Gasteiger partial charge in [0.25, 0.3) is 0 Å². The molecule has 0 aliphatic carbocycles. The van der Waals surface area contributed by atoms with Gasteiger partial charge in [-0.05, 0) is 20.8 Å². The minimum atomic E-state index is -1.98. The molecule has 25 atom stereocenters. The third-order valence-corrected chi connectivity index (χ3v) is 11.0. The summed E-state index contributed by atoms with van der Waals surface area (Å²) < 4.78 is 52.1. The van der Waals surface area contributed by atoms with Crippen molar-refractivity contribution >= 4 is 11.8 Å². The molecule has 5 aliphatic rings. The molecule has 5 saturated heterocycles. The minimum Gasteiger partial charge on any atom is -0.394 e. The van der Waals surface area contributed by atoms with Crippen molar-refractivity contribution in [2.24, 2.45) is 0 Å². The van der Waals surface area contributed by atoms with Crippen LogP contribution < -0.4 is 10.6 Å². The second-order valence-corrected chi connectivity index (χ2v) is 15.4. The maximum atomic E-state index is 12.0. The zero-order chi connectivity index (χ0) is 43.8. The Labute approximate surface area is 337 Å². The van der Waals surface area contributed by atoms with E-state index >= 15 is 0 Å². The Bertz CT molecular complexity index is 1390. The molecule has 25 heteroatoms. The number of nitrogens with one attached hydrogen (secondary N) is 2. The highest BCUT2D eigenvalue weighted by molar-refractivity contribution is 5.73. The van der Waals surface area contributed by atoms with E-state index in [1.54, 1.807) is 0 Å². The van der Waals surface area contributed by atoms with E-state index in [2.05, 4.69) is 10.6 Å². The number of ether oxygens (including phenoxy) is 9. The van der Waals surface area contributed by atoms with Crippen LogP contribution in [0.5, 0.6) is 0 Å². The predicted octanol–water partition coefficient (Wildman–Crippen LogP) is -8.55. The first kappa shape index (κ1) is 48.1. The van der Waals surface area contributed by atoms with Gasteiger partial charge in [-0.25, -0.2) is 0 Å². The molecule has 0 aromatic carbocycles. The third kappa shape index (κ3) is 10.3. The molecule has 0 spiro atoms. The maximum Gasteiger partial charge on any atom is 0.217 e. The normalized spacial score (nSPS) is 50.8. The molecule has 2 amide bonds. The molecule has 59 heavy (non-hydrogen) atoms. The summed E-state index contributed by atoms with van der Waals surface area (Å²) in [5, 5.41) is 134.